The molecule has 0 aromatic carbocycles. The number of amides is 1. The summed E-state index contributed by atoms with van der Waals surface area (Å²) in [5.74, 6) is -0.474. The summed E-state index contributed by atoms with van der Waals surface area (Å²) in [7, 11) is 1.73. The number of hydrogen-bond donors (Lipinski definition) is 1. The zero-order valence-electron chi connectivity index (χ0n) is 9.10. The number of carbonyl (C=O) groups is 2. The van der Waals surface area contributed by atoms with E-state index in [0.717, 1.165) is 0 Å². The summed E-state index contributed by atoms with van der Waals surface area (Å²) < 4.78 is 7.90. The Hall–Kier alpha value is -1.63. The Kier molecular flexibility index (Phi) is 4.24. The Morgan fingerprint density at radius 1 is 1.50 bits per heavy atom. The van der Waals surface area contributed by atoms with Crippen molar-refractivity contribution in [2.45, 2.75) is 6.92 Å². The number of esters is 1. The standard InChI is InChI=1S/C9H13N3O3S/c1-3-15-7(13)6-10-8(14)12-5-4-11(2)9(12)16/h4-5H,3,6H2,1-2H3,(H,10,14). The van der Waals surface area contributed by atoms with E-state index in [1.807, 2.05) is 0 Å². The first-order valence-corrected chi connectivity index (χ1v) is 5.15. The van der Waals surface area contributed by atoms with E-state index < -0.39 is 12.0 Å². The van der Waals surface area contributed by atoms with E-state index in [9.17, 15) is 9.59 Å². The van der Waals surface area contributed by atoms with Crippen LogP contribution < -0.4 is 5.32 Å². The van der Waals surface area contributed by atoms with Crippen molar-refractivity contribution in [1.29, 1.82) is 0 Å². The second kappa shape index (κ2) is 5.45. The van der Waals surface area contributed by atoms with Crippen molar-refractivity contribution in [3.05, 3.63) is 17.2 Å². The first-order valence-electron chi connectivity index (χ1n) is 4.74. The summed E-state index contributed by atoms with van der Waals surface area (Å²) in [6, 6.07) is -0.446. The van der Waals surface area contributed by atoms with Crippen LogP contribution in [0.5, 0.6) is 0 Å². The van der Waals surface area contributed by atoms with E-state index in [2.05, 4.69) is 10.1 Å². The van der Waals surface area contributed by atoms with Gasteiger partial charge in [-0.3, -0.25) is 4.79 Å². The average Bonchev–Trinajstić information content (AvgIpc) is 2.57. The smallest absolute Gasteiger partial charge is 0.328 e. The van der Waals surface area contributed by atoms with E-state index in [1.165, 1.54) is 10.8 Å². The molecule has 0 radical (unpaired) electrons. The summed E-state index contributed by atoms with van der Waals surface area (Å²) in [4.78, 5) is 22.5. The number of nitrogens with zero attached hydrogens (tertiary/aromatic N) is 2. The van der Waals surface area contributed by atoms with Crippen molar-refractivity contribution in [1.82, 2.24) is 14.5 Å². The van der Waals surface area contributed by atoms with Gasteiger partial charge >= 0.3 is 12.0 Å². The fraction of sp³-hybridized carbons (Fsp3) is 0.444. The summed E-state index contributed by atoms with van der Waals surface area (Å²) >= 11 is 4.98. The lowest BCUT2D eigenvalue weighted by atomic mass is 10.6. The number of hydrogen-bond acceptors (Lipinski definition) is 4. The van der Waals surface area contributed by atoms with Crippen molar-refractivity contribution >= 4 is 24.2 Å². The quantitative estimate of drug-likeness (QED) is 0.626. The van der Waals surface area contributed by atoms with Gasteiger partial charge in [0.05, 0.1) is 6.61 Å². The van der Waals surface area contributed by atoms with Crippen LogP contribution in [0.15, 0.2) is 12.4 Å². The molecular formula is C9H13N3O3S. The van der Waals surface area contributed by atoms with Gasteiger partial charge in [0.1, 0.15) is 6.54 Å². The zero-order chi connectivity index (χ0) is 12.1. The van der Waals surface area contributed by atoms with Crippen LogP contribution in [0.2, 0.25) is 0 Å². The van der Waals surface area contributed by atoms with E-state index in [0.29, 0.717) is 11.4 Å². The molecule has 0 atom stereocenters. The molecule has 0 aliphatic carbocycles. The van der Waals surface area contributed by atoms with Gasteiger partial charge in [-0.25, -0.2) is 9.36 Å². The summed E-state index contributed by atoms with van der Waals surface area (Å²) in [5, 5.41) is 2.41. The number of aromatic nitrogens is 2. The molecule has 1 rings (SSSR count). The first kappa shape index (κ1) is 12.4. The molecule has 1 aromatic rings. The molecule has 0 saturated heterocycles. The van der Waals surface area contributed by atoms with Gasteiger partial charge in [-0.1, -0.05) is 0 Å². The molecule has 88 valence electrons. The number of aryl methyl sites for hydroxylation is 1. The highest BCUT2D eigenvalue weighted by molar-refractivity contribution is 7.71. The number of ether oxygens (including phenoxy) is 1. The predicted octanol–water partition coefficient (Wildman–Crippen LogP) is 0.677. The van der Waals surface area contributed by atoms with Crippen LogP contribution in [0.25, 0.3) is 0 Å². The van der Waals surface area contributed by atoms with Crippen molar-refractivity contribution in [3.63, 3.8) is 0 Å². The minimum Gasteiger partial charge on any atom is -0.465 e. The fourth-order valence-electron chi connectivity index (χ4n) is 1.06. The molecular weight excluding hydrogens is 230 g/mol. The minimum atomic E-state index is -0.474. The monoisotopic (exact) mass is 243 g/mol. The maximum absolute atomic E-state index is 11.6. The fourth-order valence-corrected chi connectivity index (χ4v) is 1.27. The molecule has 6 nitrogen and oxygen atoms in total. The molecule has 7 heteroatoms. The second-order valence-electron chi connectivity index (χ2n) is 3.03. The second-order valence-corrected chi connectivity index (χ2v) is 3.39. The first-order chi connectivity index (χ1) is 7.56. The van der Waals surface area contributed by atoms with Crippen LogP contribution >= 0.6 is 12.2 Å². The van der Waals surface area contributed by atoms with Crippen molar-refractivity contribution in [2.75, 3.05) is 13.2 Å². The molecule has 0 bridgehead atoms. The van der Waals surface area contributed by atoms with Crippen molar-refractivity contribution < 1.29 is 14.3 Å². The maximum atomic E-state index is 11.6. The van der Waals surface area contributed by atoms with Crippen LogP contribution in [-0.2, 0) is 16.6 Å². The minimum absolute atomic E-state index is 0.163. The molecule has 0 unspecified atom stereocenters. The molecule has 0 spiro atoms. The molecule has 1 amide bonds. The van der Waals surface area contributed by atoms with E-state index in [-0.39, 0.29) is 6.54 Å². The Bertz CT molecular complexity index is 449. The van der Waals surface area contributed by atoms with Gasteiger partial charge in [0, 0.05) is 19.4 Å². The van der Waals surface area contributed by atoms with Gasteiger partial charge in [0.2, 0.25) is 0 Å². The van der Waals surface area contributed by atoms with Crippen molar-refractivity contribution in [2.24, 2.45) is 7.05 Å². The number of rotatable bonds is 3. The maximum Gasteiger partial charge on any atom is 0.328 e. The van der Waals surface area contributed by atoms with Crippen LogP contribution in [0.1, 0.15) is 6.92 Å². The van der Waals surface area contributed by atoms with Gasteiger partial charge in [-0.05, 0) is 19.1 Å². The van der Waals surface area contributed by atoms with Gasteiger partial charge < -0.3 is 14.6 Å². The number of nitrogens with one attached hydrogen (secondary N) is 1. The largest absolute Gasteiger partial charge is 0.465 e. The van der Waals surface area contributed by atoms with E-state index >= 15 is 0 Å². The molecule has 0 aliphatic rings. The molecule has 0 aliphatic heterocycles. The highest BCUT2D eigenvalue weighted by atomic mass is 32.1. The third-order valence-corrected chi connectivity index (χ3v) is 2.34. The molecule has 1 heterocycles. The molecule has 0 saturated carbocycles. The third-order valence-electron chi connectivity index (χ3n) is 1.86. The van der Waals surface area contributed by atoms with Crippen LogP contribution in [-0.4, -0.2) is 34.3 Å². The summed E-state index contributed by atoms with van der Waals surface area (Å²) in [5.41, 5.74) is 0. The molecule has 0 fully saturated rings. The number of carbonyl (C=O) groups excluding carboxylic acids is 2. The van der Waals surface area contributed by atoms with E-state index in [1.54, 1.807) is 24.7 Å². The van der Waals surface area contributed by atoms with Gasteiger partial charge in [0.15, 0.2) is 4.77 Å². The van der Waals surface area contributed by atoms with Crippen LogP contribution in [0, 0.1) is 4.77 Å². The van der Waals surface area contributed by atoms with Crippen LogP contribution in [0.3, 0.4) is 0 Å². The predicted molar refractivity (Wildman–Crippen MR) is 59.7 cm³/mol. The molecule has 1 aromatic heterocycles. The lowest BCUT2D eigenvalue weighted by Gasteiger charge is -2.04. The van der Waals surface area contributed by atoms with Crippen LogP contribution in [0.4, 0.5) is 4.79 Å². The number of imidazole rings is 1. The third kappa shape index (κ3) is 2.93. The zero-order valence-corrected chi connectivity index (χ0v) is 9.91. The lowest BCUT2D eigenvalue weighted by Crippen LogP contribution is -2.33. The molecule has 16 heavy (non-hydrogen) atoms. The summed E-state index contributed by atoms with van der Waals surface area (Å²) in [6.07, 6.45) is 3.19. The highest BCUT2D eigenvalue weighted by Gasteiger charge is 2.08. The highest BCUT2D eigenvalue weighted by Crippen LogP contribution is 1.93. The van der Waals surface area contributed by atoms with Gasteiger partial charge in [-0.15, -0.1) is 0 Å². The topological polar surface area (TPSA) is 65.3 Å². The average molecular weight is 243 g/mol. The lowest BCUT2D eigenvalue weighted by molar-refractivity contribution is -0.141. The van der Waals surface area contributed by atoms with Gasteiger partial charge in [0.25, 0.3) is 0 Å². The van der Waals surface area contributed by atoms with E-state index in [4.69, 9.17) is 12.2 Å². The molecule has 1 N–H and O–H groups in total. The Balaban J connectivity index is 2.57. The Labute approximate surface area is 97.8 Å². The Morgan fingerprint density at radius 3 is 2.69 bits per heavy atom. The van der Waals surface area contributed by atoms with Crippen molar-refractivity contribution in [3.8, 4) is 0 Å². The SMILES string of the molecule is CCOC(=O)CNC(=O)n1ccn(C)c1=S. The van der Waals surface area contributed by atoms with Gasteiger partial charge in [-0.2, -0.15) is 0 Å². The summed E-state index contributed by atoms with van der Waals surface area (Å²) in [6.45, 7) is 1.83. The Morgan fingerprint density at radius 2 is 2.19 bits per heavy atom. The normalized spacial score (nSPS) is 9.88.